The topological polar surface area (TPSA) is 280 Å². The number of hydrogen-bond donors (Lipinski definition) is 3. The number of nitrogens with zero attached hydrogens (tertiary/aromatic N) is 4. The largest absolute Gasteiger partial charge is 0.491 e. The number of allylic oxidation sites excluding steroid dienone is 3. The Bertz CT molecular complexity index is 2980. The number of hydroxylamine groups is 2. The lowest BCUT2D eigenvalue weighted by molar-refractivity contribution is -0.198. The first-order valence-electron chi connectivity index (χ1n) is 29.1. The molecule has 4 bridgehead atoms. The highest BCUT2D eigenvalue weighted by molar-refractivity contribution is 8.77. The number of epoxide rings is 1. The molecule has 0 radical (unpaired) electrons. The van der Waals surface area contributed by atoms with Crippen molar-refractivity contribution in [3.8, 4) is 5.75 Å². The van der Waals surface area contributed by atoms with E-state index in [2.05, 4.69) is 15.8 Å². The number of rotatable bonds is 23. The number of anilines is 1. The van der Waals surface area contributed by atoms with Gasteiger partial charge >= 0.3 is 18.0 Å². The Morgan fingerprint density at radius 1 is 0.989 bits per heavy atom. The molecule has 6 amide bonds. The number of carbonyl (C=O) groups is 8. The van der Waals surface area contributed by atoms with Crippen LogP contribution < -0.4 is 20.4 Å². The second-order valence-electron chi connectivity index (χ2n) is 23.2. The maximum absolute atomic E-state index is 14.4. The van der Waals surface area contributed by atoms with Gasteiger partial charge in [-0.05, 0) is 108 Å². The minimum atomic E-state index is -1.86. The first-order chi connectivity index (χ1) is 41.2. The molecule has 2 aromatic rings. The number of aryl methyl sites for hydroxylation is 2. The van der Waals surface area contributed by atoms with Gasteiger partial charge in [0.05, 0.1) is 61.8 Å². The van der Waals surface area contributed by atoms with Crippen LogP contribution in [0.4, 0.5) is 10.5 Å². The number of benzene rings is 2. The van der Waals surface area contributed by atoms with Crippen LogP contribution in [0.25, 0.3) is 0 Å². The smallest absolute Gasteiger partial charge is 0.409 e. The van der Waals surface area contributed by atoms with Gasteiger partial charge in [0, 0.05) is 75.3 Å². The summed E-state index contributed by atoms with van der Waals surface area (Å²) in [4.78, 5) is 111. The molecule has 0 aromatic heterocycles. The van der Waals surface area contributed by atoms with Crippen molar-refractivity contribution < 1.29 is 81.5 Å². The number of halogens is 1. The molecule has 7 rings (SSSR count). The van der Waals surface area contributed by atoms with Crippen molar-refractivity contribution in [3.05, 3.63) is 81.4 Å². The second kappa shape index (κ2) is 30.4. The summed E-state index contributed by atoms with van der Waals surface area (Å²) in [6.07, 6.45) is 3.26. The van der Waals surface area contributed by atoms with Gasteiger partial charge in [-0.2, -0.15) is 5.10 Å². The predicted octanol–water partition coefficient (Wildman–Crippen LogP) is 7.02. The van der Waals surface area contributed by atoms with Crippen LogP contribution >= 0.6 is 33.2 Å². The van der Waals surface area contributed by atoms with Crippen LogP contribution in [-0.4, -0.2) is 175 Å². The zero-order valence-electron chi connectivity index (χ0n) is 51.1. The van der Waals surface area contributed by atoms with Crippen molar-refractivity contribution >= 4 is 92.2 Å². The van der Waals surface area contributed by atoms with Gasteiger partial charge in [-0.25, -0.2) is 19.8 Å². The molecule has 2 aromatic carbocycles. The van der Waals surface area contributed by atoms with Crippen LogP contribution in [-0.2, 0) is 79.7 Å². The summed E-state index contributed by atoms with van der Waals surface area (Å²) in [6, 6.07) is 8.44. The minimum absolute atomic E-state index is 0.0256. The van der Waals surface area contributed by atoms with Gasteiger partial charge in [-0.3, -0.25) is 29.3 Å². The van der Waals surface area contributed by atoms with E-state index in [0.717, 1.165) is 46.4 Å². The molecule has 3 N–H and O–H groups in total. The number of esters is 1. The maximum Gasteiger partial charge on any atom is 0.409 e. The molecule has 1 aliphatic carbocycles. The summed E-state index contributed by atoms with van der Waals surface area (Å²) in [5.74, 6) is -3.14. The number of aliphatic hydroxyl groups is 1. The van der Waals surface area contributed by atoms with E-state index >= 15 is 0 Å². The molecule has 4 aliphatic heterocycles. The molecule has 23 nitrogen and oxygen atoms in total. The molecule has 8 atom stereocenters. The highest BCUT2D eigenvalue weighted by Gasteiger charge is 2.64. The Balaban J connectivity index is 0.868. The number of carbonyl (C=O) groups excluding carboxylic acids is 8. The molecule has 5 aliphatic rings. The third-order valence-electron chi connectivity index (χ3n) is 15.9. The zero-order chi connectivity index (χ0) is 63.4. The summed E-state index contributed by atoms with van der Waals surface area (Å²) in [5, 5.41) is 19.8. The Morgan fingerprint density at radius 3 is 2.43 bits per heavy atom. The lowest BCUT2D eigenvalue weighted by Gasteiger charge is -2.42. The quantitative estimate of drug-likeness (QED) is 0.0252. The molecule has 26 heteroatoms. The van der Waals surface area contributed by atoms with Crippen LogP contribution in [0.15, 0.2) is 59.2 Å². The van der Waals surface area contributed by atoms with Crippen LogP contribution in [0.3, 0.4) is 0 Å². The number of hydrogen-bond acceptors (Lipinski definition) is 20. The SMILES string of the molecule is CO[C@@H]1/C=C/C=C(\C)Cc2cc(C)c(Cl)c(c2)N(C)C(=O)C[C@H](OC(=O)[C@H](C)N(C)C(=O)CCSSC(C)(C)CC(=O)N/N=C2\CCCc3cc(OCCOCCOCCC(=O)ON4C(=O)CCC4=O)ccc32)[C@]2(C)O[C@H]2[C@H](C)[C@@H]2C[C@@]1(O)NC(=O)O2. The lowest BCUT2D eigenvalue weighted by Crippen LogP contribution is -2.63. The van der Waals surface area contributed by atoms with E-state index in [1.807, 2.05) is 64.1 Å². The van der Waals surface area contributed by atoms with Crippen molar-refractivity contribution in [2.24, 2.45) is 11.0 Å². The first-order valence-corrected chi connectivity index (χ1v) is 31.8. The monoisotopic (exact) mass is 1270 g/mol. The number of ether oxygens (including phenoxy) is 7. The van der Waals surface area contributed by atoms with Gasteiger partial charge in [0.25, 0.3) is 11.8 Å². The highest BCUT2D eigenvalue weighted by atomic mass is 35.5. The van der Waals surface area contributed by atoms with Gasteiger partial charge in [-0.15, -0.1) is 5.06 Å². The fraction of sp³-hybridized carbons (Fsp3) is 0.590. The van der Waals surface area contributed by atoms with E-state index in [1.165, 1.54) is 45.5 Å². The average Bonchev–Trinajstić information content (AvgIpc) is 1.60. The van der Waals surface area contributed by atoms with E-state index in [1.54, 1.807) is 40.0 Å². The van der Waals surface area contributed by atoms with Crippen molar-refractivity contribution in [2.75, 3.05) is 64.9 Å². The van der Waals surface area contributed by atoms with Crippen LogP contribution in [0, 0.1) is 12.8 Å². The lowest BCUT2D eigenvalue weighted by atomic mass is 9.83. The number of imide groups is 1. The number of amides is 6. The van der Waals surface area contributed by atoms with Gasteiger partial charge in [0.2, 0.25) is 17.7 Å². The Kier molecular flexibility index (Phi) is 23.9. The average molecular weight is 1270 g/mol. The molecule has 4 heterocycles. The van der Waals surface area contributed by atoms with Crippen molar-refractivity contribution in [2.45, 2.75) is 166 Å². The van der Waals surface area contributed by atoms with Gasteiger partial charge in [0.1, 0.15) is 42.3 Å². The van der Waals surface area contributed by atoms with Crippen molar-refractivity contribution in [1.29, 1.82) is 0 Å². The number of methoxy groups -OCH3 is 1. The van der Waals surface area contributed by atoms with Gasteiger partial charge in [0.15, 0.2) is 5.72 Å². The summed E-state index contributed by atoms with van der Waals surface area (Å²) in [5.41, 5.74) is 5.40. The third kappa shape index (κ3) is 18.3. The van der Waals surface area contributed by atoms with Crippen LogP contribution in [0.1, 0.15) is 122 Å². The van der Waals surface area contributed by atoms with Gasteiger partial charge < -0.3 is 52.9 Å². The fourth-order valence-electron chi connectivity index (χ4n) is 10.7. The standard InChI is InChI=1S/C61H81ClN6O17S2/c1-36-13-11-16-47(78-10)61(77)34-46(82-58(76)63-61)38(3)56-60(7,84-56)48(33-53(73)67(9)45-31-40(29-36)30-37(2)55(45)62)83-57(75)39(4)66(8)50(70)22-28-86-87-59(5,6)35-49(69)65-64-44-15-12-14-41-32-42(17-18-43(41)44)81-27-26-80-25-24-79-23-21-54(74)85-68-51(71)19-20-52(68)72/h11,13,16-18,30-32,38-39,46-48,56,77H,12,14-15,19-29,33-35H2,1-10H3,(H,63,76)(H,65,69)/b16-11+,36-13+,64-44+/t38-,39+,46+,47-,48+,56+,60+,61+/m1/s1. The van der Waals surface area contributed by atoms with Gasteiger partial charge in [-0.1, -0.05) is 70.0 Å². The van der Waals surface area contributed by atoms with E-state index in [4.69, 9.17) is 49.6 Å². The minimum Gasteiger partial charge on any atom is -0.491 e. The summed E-state index contributed by atoms with van der Waals surface area (Å²) in [7, 11) is 7.43. The summed E-state index contributed by atoms with van der Waals surface area (Å²) in [6.45, 7) is 13.8. The zero-order valence-corrected chi connectivity index (χ0v) is 53.5. The number of likely N-dealkylation sites (N-methyl/N-ethyl adjacent to an activating group) is 1. The summed E-state index contributed by atoms with van der Waals surface area (Å²) >= 11 is 6.86. The molecule has 476 valence electrons. The van der Waals surface area contributed by atoms with Crippen molar-refractivity contribution in [3.63, 3.8) is 0 Å². The first kappa shape index (κ1) is 68.4. The highest BCUT2D eigenvalue weighted by Crippen LogP contribution is 2.49. The molecular formula is C61H81ClN6O17S2. The van der Waals surface area contributed by atoms with Crippen molar-refractivity contribution in [1.82, 2.24) is 20.7 Å². The number of fused-ring (bicyclic) bond motifs is 6. The fourth-order valence-corrected chi connectivity index (χ4v) is 13.4. The van der Waals surface area contributed by atoms with Crippen LogP contribution in [0.2, 0.25) is 5.02 Å². The normalized spacial score (nSPS) is 25.9. The number of alkyl carbamates (subject to hydrolysis) is 1. The van der Waals surface area contributed by atoms with Crippen LogP contribution in [0.5, 0.6) is 5.75 Å². The Hall–Kier alpha value is -6.06. The van der Waals surface area contributed by atoms with E-state index in [9.17, 15) is 43.5 Å². The van der Waals surface area contributed by atoms with E-state index in [0.29, 0.717) is 46.7 Å². The number of hydrazone groups is 1. The predicted molar refractivity (Wildman–Crippen MR) is 325 cm³/mol. The maximum atomic E-state index is 14.4. The molecule has 3 fully saturated rings. The molecular weight excluding hydrogens is 1190 g/mol. The molecule has 0 unspecified atom stereocenters. The summed E-state index contributed by atoms with van der Waals surface area (Å²) < 4.78 is 40.3. The third-order valence-corrected chi connectivity index (χ3v) is 19.7. The van der Waals surface area contributed by atoms with E-state index in [-0.39, 0.29) is 83.2 Å². The Morgan fingerprint density at radius 2 is 1.70 bits per heavy atom. The number of nitrogens with one attached hydrogen (secondary N) is 2. The van der Waals surface area contributed by atoms with E-state index < -0.39 is 88.2 Å². The molecule has 0 saturated carbocycles. The molecule has 87 heavy (non-hydrogen) atoms. The Labute approximate surface area is 520 Å². The second-order valence-corrected chi connectivity index (χ2v) is 26.7. The molecule has 0 spiro atoms. The molecule has 3 saturated heterocycles.